The van der Waals surface area contributed by atoms with Gasteiger partial charge in [-0.25, -0.2) is 5.43 Å². The zero-order valence-electron chi connectivity index (χ0n) is 16.8. The number of benzene rings is 3. The van der Waals surface area contributed by atoms with Crippen molar-refractivity contribution in [3.05, 3.63) is 92.6 Å². The summed E-state index contributed by atoms with van der Waals surface area (Å²) < 4.78 is 12.6. The summed E-state index contributed by atoms with van der Waals surface area (Å²) in [5, 5.41) is 13.1. The Balaban J connectivity index is 1.66. The maximum Gasteiger partial charge on any atom is 0.271 e. The smallest absolute Gasteiger partial charge is 0.271 e. The molecular formula is C24H20IN3O3. The molecule has 1 amide bonds. The van der Waals surface area contributed by atoms with Gasteiger partial charge in [0.25, 0.3) is 5.91 Å². The number of rotatable bonds is 8. The van der Waals surface area contributed by atoms with Crippen LogP contribution in [0.15, 0.2) is 71.8 Å². The highest BCUT2D eigenvalue weighted by atomic mass is 127. The van der Waals surface area contributed by atoms with Crippen LogP contribution in [0.2, 0.25) is 0 Å². The molecule has 0 spiro atoms. The lowest BCUT2D eigenvalue weighted by atomic mass is 10.1. The van der Waals surface area contributed by atoms with Gasteiger partial charge in [0.05, 0.1) is 24.5 Å². The van der Waals surface area contributed by atoms with Gasteiger partial charge in [0, 0.05) is 9.13 Å². The number of carbonyl (C=O) groups is 1. The summed E-state index contributed by atoms with van der Waals surface area (Å²) in [7, 11) is 0. The first-order chi connectivity index (χ1) is 15.1. The molecule has 7 heteroatoms. The van der Waals surface area contributed by atoms with Gasteiger partial charge in [-0.3, -0.25) is 4.79 Å². The van der Waals surface area contributed by atoms with Crippen LogP contribution in [0, 0.1) is 14.9 Å². The van der Waals surface area contributed by atoms with E-state index in [1.54, 1.807) is 42.6 Å². The molecule has 3 aromatic rings. The lowest BCUT2D eigenvalue weighted by molar-refractivity contribution is 0.0955. The van der Waals surface area contributed by atoms with Crippen molar-refractivity contribution < 1.29 is 14.3 Å². The molecule has 3 aromatic carbocycles. The second-order valence-corrected chi connectivity index (χ2v) is 7.69. The van der Waals surface area contributed by atoms with Crippen molar-refractivity contribution in [2.45, 2.75) is 13.5 Å². The van der Waals surface area contributed by atoms with Crippen LogP contribution in [0.25, 0.3) is 0 Å². The third-order valence-corrected chi connectivity index (χ3v) is 4.92. The van der Waals surface area contributed by atoms with E-state index in [0.717, 1.165) is 14.7 Å². The molecule has 3 rings (SSSR count). The molecule has 0 saturated carbocycles. The van der Waals surface area contributed by atoms with E-state index < -0.39 is 0 Å². The minimum Gasteiger partial charge on any atom is -0.490 e. The lowest BCUT2D eigenvalue weighted by Crippen LogP contribution is -2.17. The molecule has 0 aliphatic rings. The summed E-state index contributed by atoms with van der Waals surface area (Å²) in [6, 6.07) is 22.0. The molecule has 0 unspecified atom stereocenters. The number of nitrogens with one attached hydrogen (secondary N) is 1. The molecule has 0 heterocycles. The van der Waals surface area contributed by atoms with Gasteiger partial charge < -0.3 is 9.47 Å². The highest BCUT2D eigenvalue weighted by Gasteiger charge is 2.08. The molecule has 1 N–H and O–H groups in total. The molecular weight excluding hydrogens is 505 g/mol. The van der Waals surface area contributed by atoms with Gasteiger partial charge in [0.15, 0.2) is 11.5 Å². The van der Waals surface area contributed by atoms with Gasteiger partial charge in [-0.15, -0.1) is 0 Å². The van der Waals surface area contributed by atoms with E-state index in [9.17, 15) is 4.79 Å². The third-order valence-electron chi connectivity index (χ3n) is 4.20. The summed E-state index contributed by atoms with van der Waals surface area (Å²) >= 11 is 2.18. The Morgan fingerprint density at radius 2 is 1.90 bits per heavy atom. The summed E-state index contributed by atoms with van der Waals surface area (Å²) in [6.07, 6.45) is 1.55. The predicted molar refractivity (Wildman–Crippen MR) is 127 cm³/mol. The zero-order chi connectivity index (χ0) is 22.1. The Morgan fingerprint density at radius 1 is 1.10 bits per heavy atom. The molecule has 156 valence electrons. The third kappa shape index (κ3) is 6.55. The van der Waals surface area contributed by atoms with Crippen LogP contribution in [0.1, 0.15) is 34.0 Å². The standard InChI is InChI=1S/C24H20IN3O3/c1-2-30-23-13-18(15-27-28-24(29)20-7-9-21(25)10-8-20)6-11-22(23)31-16-19-5-3-4-17(12-19)14-26/h3-13,15H,2,16H2,1H3,(H,28,29)/b27-15-. The maximum atomic E-state index is 12.1. The van der Waals surface area contributed by atoms with Crippen molar-refractivity contribution in [2.24, 2.45) is 5.10 Å². The molecule has 0 aliphatic carbocycles. The minimum atomic E-state index is -0.280. The number of ether oxygens (including phenoxy) is 2. The van der Waals surface area contributed by atoms with Crippen LogP contribution >= 0.6 is 22.6 Å². The van der Waals surface area contributed by atoms with E-state index in [1.165, 1.54) is 0 Å². The van der Waals surface area contributed by atoms with E-state index >= 15 is 0 Å². The van der Waals surface area contributed by atoms with E-state index in [-0.39, 0.29) is 5.91 Å². The van der Waals surface area contributed by atoms with Gasteiger partial charge in [0.2, 0.25) is 0 Å². The van der Waals surface area contributed by atoms with Crippen LogP contribution < -0.4 is 14.9 Å². The molecule has 0 radical (unpaired) electrons. The first-order valence-electron chi connectivity index (χ1n) is 9.56. The maximum absolute atomic E-state index is 12.1. The fourth-order valence-corrected chi connectivity index (χ4v) is 3.08. The summed E-state index contributed by atoms with van der Waals surface area (Å²) in [5.74, 6) is 0.883. The zero-order valence-corrected chi connectivity index (χ0v) is 19.0. The van der Waals surface area contributed by atoms with Crippen LogP contribution in [-0.4, -0.2) is 18.7 Å². The number of halogens is 1. The predicted octanol–water partition coefficient (Wildman–Crippen LogP) is 4.90. The Hall–Kier alpha value is -3.38. The summed E-state index contributed by atoms with van der Waals surface area (Å²) in [5.41, 5.74) is 5.30. The topological polar surface area (TPSA) is 83.7 Å². The number of nitrogens with zero attached hydrogens (tertiary/aromatic N) is 2. The molecule has 0 bridgehead atoms. The van der Waals surface area contributed by atoms with Crippen molar-refractivity contribution in [1.82, 2.24) is 5.43 Å². The number of nitriles is 1. The van der Waals surface area contributed by atoms with E-state index in [0.29, 0.717) is 35.8 Å². The molecule has 6 nitrogen and oxygen atoms in total. The molecule has 0 aromatic heterocycles. The van der Waals surface area contributed by atoms with Crippen LogP contribution in [0.4, 0.5) is 0 Å². The van der Waals surface area contributed by atoms with Gasteiger partial charge in [0.1, 0.15) is 6.61 Å². The van der Waals surface area contributed by atoms with Crippen molar-refractivity contribution in [1.29, 1.82) is 5.26 Å². The SMILES string of the molecule is CCOc1cc(/C=N\NC(=O)c2ccc(I)cc2)ccc1OCc1cccc(C#N)c1. The van der Waals surface area contributed by atoms with Gasteiger partial charge in [-0.1, -0.05) is 12.1 Å². The lowest BCUT2D eigenvalue weighted by Gasteiger charge is -2.12. The van der Waals surface area contributed by atoms with Gasteiger partial charge in [-0.05, 0) is 95.2 Å². The molecule has 31 heavy (non-hydrogen) atoms. The first kappa shape index (κ1) is 22.3. The van der Waals surface area contributed by atoms with Crippen molar-refractivity contribution >= 4 is 34.7 Å². The van der Waals surface area contributed by atoms with Crippen LogP contribution in [0.5, 0.6) is 11.5 Å². The summed E-state index contributed by atoms with van der Waals surface area (Å²) in [6.45, 7) is 2.68. The van der Waals surface area contributed by atoms with Gasteiger partial charge in [-0.2, -0.15) is 10.4 Å². The van der Waals surface area contributed by atoms with E-state index in [2.05, 4.69) is 39.2 Å². The van der Waals surface area contributed by atoms with Gasteiger partial charge >= 0.3 is 0 Å². The summed E-state index contributed by atoms with van der Waals surface area (Å²) in [4.78, 5) is 12.1. The number of hydrogen-bond acceptors (Lipinski definition) is 5. The second kappa shape index (κ2) is 11.1. The Kier molecular flexibility index (Phi) is 8.01. The Labute approximate surface area is 194 Å². The average Bonchev–Trinajstić information content (AvgIpc) is 2.79. The normalized spacial score (nSPS) is 10.5. The Morgan fingerprint density at radius 3 is 2.65 bits per heavy atom. The van der Waals surface area contributed by atoms with Crippen molar-refractivity contribution in [3.63, 3.8) is 0 Å². The number of carbonyl (C=O) groups excluding carboxylic acids is 1. The highest BCUT2D eigenvalue weighted by molar-refractivity contribution is 14.1. The molecule has 0 saturated heterocycles. The molecule has 0 aliphatic heterocycles. The van der Waals surface area contributed by atoms with Crippen LogP contribution in [0.3, 0.4) is 0 Å². The largest absolute Gasteiger partial charge is 0.490 e. The highest BCUT2D eigenvalue weighted by Crippen LogP contribution is 2.29. The fraction of sp³-hybridized carbons (Fsp3) is 0.125. The second-order valence-electron chi connectivity index (χ2n) is 6.45. The quantitative estimate of drug-likeness (QED) is 0.258. The molecule has 0 atom stereocenters. The minimum absolute atomic E-state index is 0.280. The number of hydrazone groups is 1. The fourth-order valence-electron chi connectivity index (χ4n) is 2.72. The molecule has 0 fully saturated rings. The number of hydrogen-bond donors (Lipinski definition) is 1. The van der Waals surface area contributed by atoms with Crippen molar-refractivity contribution in [2.75, 3.05) is 6.61 Å². The number of amides is 1. The van der Waals surface area contributed by atoms with E-state index in [4.69, 9.17) is 14.7 Å². The Bertz CT molecular complexity index is 1120. The average molecular weight is 525 g/mol. The first-order valence-corrected chi connectivity index (χ1v) is 10.6. The monoisotopic (exact) mass is 525 g/mol. The van der Waals surface area contributed by atoms with E-state index in [1.807, 2.05) is 37.3 Å². The van der Waals surface area contributed by atoms with Crippen molar-refractivity contribution in [3.8, 4) is 17.6 Å². The van der Waals surface area contributed by atoms with Crippen LogP contribution in [-0.2, 0) is 6.61 Å².